The summed E-state index contributed by atoms with van der Waals surface area (Å²) in [6, 6.07) is 9.66. The Labute approximate surface area is 116 Å². The van der Waals surface area contributed by atoms with Crippen LogP contribution in [0.3, 0.4) is 0 Å². The Hall–Kier alpha value is -2.07. The number of aliphatic hydroxyl groups is 1. The van der Waals surface area contributed by atoms with Crippen molar-refractivity contribution < 1.29 is 19.0 Å². The molecule has 3 rings (SSSR count). The van der Waals surface area contributed by atoms with Crippen LogP contribution in [0, 0.1) is 5.82 Å². The fourth-order valence-corrected chi connectivity index (χ4v) is 2.48. The molecule has 104 valence electrons. The van der Waals surface area contributed by atoms with Crippen molar-refractivity contribution in [1.82, 2.24) is 0 Å². The molecule has 2 aromatic carbocycles. The Morgan fingerprint density at radius 3 is 2.90 bits per heavy atom. The quantitative estimate of drug-likeness (QED) is 0.935. The van der Waals surface area contributed by atoms with Crippen molar-refractivity contribution in [3.63, 3.8) is 0 Å². The zero-order valence-electron chi connectivity index (χ0n) is 11.1. The third-order valence-corrected chi connectivity index (χ3v) is 3.52. The molecule has 1 heterocycles. The van der Waals surface area contributed by atoms with E-state index >= 15 is 0 Å². The lowest BCUT2D eigenvalue weighted by atomic mass is 9.98. The maximum atomic E-state index is 13.4. The maximum absolute atomic E-state index is 13.4. The summed E-state index contributed by atoms with van der Waals surface area (Å²) in [6.45, 7) is 0.665. The van der Waals surface area contributed by atoms with Gasteiger partial charge in [0.2, 0.25) is 0 Å². The normalized spacial score (nSPS) is 14.6. The first-order valence-corrected chi connectivity index (χ1v) is 6.46. The third kappa shape index (κ3) is 2.23. The van der Waals surface area contributed by atoms with Crippen LogP contribution in [-0.4, -0.2) is 18.8 Å². The van der Waals surface area contributed by atoms with E-state index in [1.807, 2.05) is 12.1 Å². The van der Waals surface area contributed by atoms with E-state index in [4.69, 9.17) is 9.47 Å². The molecule has 0 saturated carbocycles. The Morgan fingerprint density at radius 2 is 2.10 bits per heavy atom. The molecule has 1 unspecified atom stereocenters. The number of aliphatic hydroxyl groups excluding tert-OH is 1. The van der Waals surface area contributed by atoms with Crippen LogP contribution in [0.5, 0.6) is 11.5 Å². The summed E-state index contributed by atoms with van der Waals surface area (Å²) >= 11 is 0. The molecule has 0 aliphatic carbocycles. The van der Waals surface area contributed by atoms with E-state index in [-0.39, 0.29) is 0 Å². The van der Waals surface area contributed by atoms with Crippen molar-refractivity contribution in [1.29, 1.82) is 0 Å². The molecule has 2 aromatic rings. The monoisotopic (exact) mass is 274 g/mol. The van der Waals surface area contributed by atoms with Crippen molar-refractivity contribution in [2.45, 2.75) is 12.5 Å². The molecule has 1 atom stereocenters. The second kappa shape index (κ2) is 5.13. The molecule has 0 amide bonds. The van der Waals surface area contributed by atoms with E-state index in [0.29, 0.717) is 23.5 Å². The van der Waals surface area contributed by atoms with Gasteiger partial charge in [-0.25, -0.2) is 4.39 Å². The predicted octanol–water partition coefficient (Wildman–Crippen LogP) is 2.85. The van der Waals surface area contributed by atoms with Crippen molar-refractivity contribution in [2.75, 3.05) is 13.7 Å². The first kappa shape index (κ1) is 12.9. The smallest absolute Gasteiger partial charge is 0.125 e. The van der Waals surface area contributed by atoms with Gasteiger partial charge in [-0.1, -0.05) is 6.07 Å². The minimum atomic E-state index is -0.924. The van der Waals surface area contributed by atoms with Gasteiger partial charge >= 0.3 is 0 Å². The molecular formula is C16H15FO3. The number of fused-ring (bicyclic) bond motifs is 1. The predicted molar refractivity (Wildman–Crippen MR) is 72.7 cm³/mol. The molecule has 4 heteroatoms. The van der Waals surface area contributed by atoms with Gasteiger partial charge in [-0.05, 0) is 41.5 Å². The number of halogens is 1. The van der Waals surface area contributed by atoms with E-state index in [0.717, 1.165) is 17.7 Å². The Morgan fingerprint density at radius 1 is 1.25 bits per heavy atom. The standard InChI is InChI=1S/C16H15FO3/c1-19-15-5-3-12(17)9-13(15)16(18)11-2-4-14-10(8-11)6-7-20-14/h2-5,8-9,16,18H,6-7H2,1H3. The van der Waals surface area contributed by atoms with Crippen LogP contribution in [0.4, 0.5) is 4.39 Å². The Bertz CT molecular complexity index is 640. The fourth-order valence-electron chi connectivity index (χ4n) is 2.48. The van der Waals surface area contributed by atoms with E-state index in [2.05, 4.69) is 0 Å². The first-order chi connectivity index (χ1) is 9.69. The lowest BCUT2D eigenvalue weighted by Gasteiger charge is -2.16. The molecule has 3 nitrogen and oxygen atoms in total. The maximum Gasteiger partial charge on any atom is 0.125 e. The molecule has 0 bridgehead atoms. The van der Waals surface area contributed by atoms with Crippen molar-refractivity contribution in [3.8, 4) is 11.5 Å². The van der Waals surface area contributed by atoms with Crippen LogP contribution < -0.4 is 9.47 Å². The summed E-state index contributed by atoms with van der Waals surface area (Å²) in [4.78, 5) is 0. The van der Waals surface area contributed by atoms with Crippen LogP contribution in [0.25, 0.3) is 0 Å². The third-order valence-electron chi connectivity index (χ3n) is 3.52. The van der Waals surface area contributed by atoms with Gasteiger partial charge in [0.15, 0.2) is 0 Å². The van der Waals surface area contributed by atoms with Gasteiger partial charge in [0.25, 0.3) is 0 Å². The molecule has 0 spiro atoms. The van der Waals surface area contributed by atoms with Crippen LogP contribution in [0.1, 0.15) is 22.8 Å². The molecule has 0 aromatic heterocycles. The van der Waals surface area contributed by atoms with Crippen LogP contribution >= 0.6 is 0 Å². The molecular weight excluding hydrogens is 259 g/mol. The van der Waals surface area contributed by atoms with Gasteiger partial charge in [-0.3, -0.25) is 0 Å². The largest absolute Gasteiger partial charge is 0.496 e. The second-order valence-corrected chi connectivity index (χ2v) is 4.75. The minimum Gasteiger partial charge on any atom is -0.496 e. The van der Waals surface area contributed by atoms with Gasteiger partial charge < -0.3 is 14.6 Å². The van der Waals surface area contributed by atoms with Gasteiger partial charge in [0.1, 0.15) is 23.4 Å². The van der Waals surface area contributed by atoms with Crippen LogP contribution in [-0.2, 0) is 6.42 Å². The van der Waals surface area contributed by atoms with Gasteiger partial charge in [0.05, 0.1) is 13.7 Å². The number of rotatable bonds is 3. The summed E-state index contributed by atoms with van der Waals surface area (Å²) in [5.41, 5.74) is 2.20. The Kier molecular flexibility index (Phi) is 3.32. The van der Waals surface area contributed by atoms with E-state index in [9.17, 15) is 9.50 Å². The topological polar surface area (TPSA) is 38.7 Å². The van der Waals surface area contributed by atoms with Crippen LogP contribution in [0.2, 0.25) is 0 Å². The molecule has 0 radical (unpaired) electrons. The van der Waals surface area contributed by atoms with Crippen molar-refractivity contribution in [2.24, 2.45) is 0 Å². The SMILES string of the molecule is COc1ccc(F)cc1C(O)c1ccc2c(c1)CCO2. The fraction of sp³-hybridized carbons (Fsp3) is 0.250. The lowest BCUT2D eigenvalue weighted by molar-refractivity contribution is 0.214. The zero-order chi connectivity index (χ0) is 14.1. The summed E-state index contributed by atoms with van der Waals surface area (Å²) in [5, 5.41) is 10.5. The molecule has 1 aliphatic heterocycles. The zero-order valence-corrected chi connectivity index (χ0v) is 11.1. The second-order valence-electron chi connectivity index (χ2n) is 4.75. The average Bonchev–Trinajstić information content (AvgIpc) is 2.93. The van der Waals surface area contributed by atoms with E-state index in [1.54, 1.807) is 6.07 Å². The lowest BCUT2D eigenvalue weighted by Crippen LogP contribution is -2.03. The average molecular weight is 274 g/mol. The molecule has 20 heavy (non-hydrogen) atoms. The molecule has 1 aliphatic rings. The summed E-state index contributed by atoms with van der Waals surface area (Å²) in [5.74, 6) is 0.923. The summed E-state index contributed by atoms with van der Waals surface area (Å²) in [7, 11) is 1.50. The number of benzene rings is 2. The van der Waals surface area contributed by atoms with Crippen molar-refractivity contribution >= 4 is 0 Å². The number of hydrogen-bond acceptors (Lipinski definition) is 3. The summed E-state index contributed by atoms with van der Waals surface area (Å²) < 4.78 is 24.0. The van der Waals surface area contributed by atoms with E-state index in [1.165, 1.54) is 25.3 Å². The van der Waals surface area contributed by atoms with Gasteiger partial charge in [0, 0.05) is 12.0 Å². The Balaban J connectivity index is 2.00. The van der Waals surface area contributed by atoms with Crippen molar-refractivity contribution in [3.05, 3.63) is 58.9 Å². The molecule has 0 saturated heterocycles. The number of methoxy groups -OCH3 is 1. The highest BCUT2D eigenvalue weighted by atomic mass is 19.1. The minimum absolute atomic E-state index is 0.399. The highest BCUT2D eigenvalue weighted by Crippen LogP contribution is 2.34. The number of hydrogen-bond donors (Lipinski definition) is 1. The summed E-state index contributed by atoms with van der Waals surface area (Å²) in [6.07, 6.45) is -0.0949. The molecule has 0 fully saturated rings. The van der Waals surface area contributed by atoms with Gasteiger partial charge in [-0.2, -0.15) is 0 Å². The molecule has 1 N–H and O–H groups in total. The number of ether oxygens (including phenoxy) is 2. The highest BCUT2D eigenvalue weighted by Gasteiger charge is 2.19. The van der Waals surface area contributed by atoms with Gasteiger partial charge in [-0.15, -0.1) is 0 Å². The van der Waals surface area contributed by atoms with E-state index < -0.39 is 11.9 Å². The highest BCUT2D eigenvalue weighted by molar-refractivity contribution is 5.45. The first-order valence-electron chi connectivity index (χ1n) is 6.46. The van der Waals surface area contributed by atoms with Crippen LogP contribution in [0.15, 0.2) is 36.4 Å².